The molecule has 186 valence electrons. The van der Waals surface area contributed by atoms with Gasteiger partial charge in [0.25, 0.3) is 5.91 Å². The van der Waals surface area contributed by atoms with Crippen molar-refractivity contribution in [3.8, 4) is 0 Å². The monoisotopic (exact) mass is 488 g/mol. The molecule has 2 aliphatic rings. The van der Waals surface area contributed by atoms with E-state index < -0.39 is 10.0 Å². The summed E-state index contributed by atoms with van der Waals surface area (Å²) in [5.41, 5.74) is 4.01. The lowest BCUT2D eigenvalue weighted by Crippen LogP contribution is -2.48. The molecule has 1 aromatic heterocycles. The fraction of sp³-hybridized carbons (Fsp3) is 0.600. The van der Waals surface area contributed by atoms with Crippen LogP contribution in [-0.2, 0) is 16.6 Å². The first-order valence-electron chi connectivity index (χ1n) is 12.1. The fourth-order valence-corrected chi connectivity index (χ4v) is 6.62. The number of benzene rings is 1. The van der Waals surface area contributed by atoms with Crippen LogP contribution in [0.15, 0.2) is 21.6 Å². The Balaban J connectivity index is 1.48. The normalized spacial score (nSPS) is 19.0. The zero-order valence-corrected chi connectivity index (χ0v) is 21.7. The number of piperidine rings is 1. The lowest BCUT2D eigenvalue weighted by Gasteiger charge is -2.35. The summed E-state index contributed by atoms with van der Waals surface area (Å²) in [6, 6.07) is 3.42. The highest BCUT2D eigenvalue weighted by Crippen LogP contribution is 2.28. The number of hydrogen-bond donors (Lipinski definition) is 0. The van der Waals surface area contributed by atoms with E-state index in [1.54, 1.807) is 10.4 Å². The van der Waals surface area contributed by atoms with Gasteiger partial charge in [0.1, 0.15) is 5.76 Å². The second-order valence-corrected chi connectivity index (χ2v) is 11.8. The Labute approximate surface area is 202 Å². The third-order valence-electron chi connectivity index (χ3n) is 7.45. The van der Waals surface area contributed by atoms with Crippen molar-refractivity contribution in [1.29, 1.82) is 0 Å². The van der Waals surface area contributed by atoms with Gasteiger partial charge >= 0.3 is 0 Å². The summed E-state index contributed by atoms with van der Waals surface area (Å²) in [7, 11) is -3.63. The number of aryl methyl sites for hydroxylation is 3. The Hall–Kier alpha value is -2.23. The molecule has 3 heterocycles. The van der Waals surface area contributed by atoms with Crippen LogP contribution < -0.4 is 0 Å². The molecule has 0 saturated carbocycles. The molecular formula is C25H36N4O4S. The standard InChI is InChI=1S/C25H36N4O4S/c1-17-6-8-29(9-7-17)34(31,32)24-15-22(14-18(2)19(24)3)25(30)28-12-10-27(11-13-28)16-23-20(4)26-33-21(23)5/h14-15,17H,6-13,16H2,1-5H3. The maximum Gasteiger partial charge on any atom is 0.253 e. The highest BCUT2D eigenvalue weighted by Gasteiger charge is 2.31. The molecule has 0 aliphatic carbocycles. The Morgan fingerprint density at radius 3 is 2.26 bits per heavy atom. The van der Waals surface area contributed by atoms with Crippen molar-refractivity contribution in [2.75, 3.05) is 39.3 Å². The van der Waals surface area contributed by atoms with Gasteiger partial charge in [-0.25, -0.2) is 8.42 Å². The molecule has 9 heteroatoms. The lowest BCUT2D eigenvalue weighted by molar-refractivity contribution is 0.0627. The van der Waals surface area contributed by atoms with Gasteiger partial charge in [-0.3, -0.25) is 9.69 Å². The van der Waals surface area contributed by atoms with E-state index in [1.807, 2.05) is 38.7 Å². The second kappa shape index (κ2) is 9.79. The molecule has 0 spiro atoms. The van der Waals surface area contributed by atoms with Crippen LogP contribution in [0.25, 0.3) is 0 Å². The molecule has 0 radical (unpaired) electrons. The number of rotatable bonds is 5. The zero-order valence-electron chi connectivity index (χ0n) is 20.9. The Bertz CT molecular complexity index is 1140. The number of carbonyl (C=O) groups is 1. The minimum Gasteiger partial charge on any atom is -0.361 e. The summed E-state index contributed by atoms with van der Waals surface area (Å²) in [6.07, 6.45) is 1.74. The third kappa shape index (κ3) is 4.92. The van der Waals surface area contributed by atoms with Gasteiger partial charge in [0.2, 0.25) is 10.0 Å². The fourth-order valence-electron chi connectivity index (χ4n) is 4.83. The Morgan fingerprint density at radius 1 is 1.03 bits per heavy atom. The van der Waals surface area contributed by atoms with Gasteiger partial charge in [0, 0.05) is 56.9 Å². The first-order chi connectivity index (χ1) is 16.1. The first-order valence-corrected chi connectivity index (χ1v) is 13.6. The van der Waals surface area contributed by atoms with E-state index in [-0.39, 0.29) is 10.8 Å². The van der Waals surface area contributed by atoms with Crippen molar-refractivity contribution >= 4 is 15.9 Å². The molecule has 0 bridgehead atoms. The molecule has 0 atom stereocenters. The van der Waals surface area contributed by atoms with Crippen LogP contribution in [-0.4, -0.2) is 72.9 Å². The van der Waals surface area contributed by atoms with Gasteiger partial charge in [-0.15, -0.1) is 0 Å². The molecule has 1 amide bonds. The maximum atomic E-state index is 13.4. The molecule has 2 aromatic rings. The molecule has 2 saturated heterocycles. The number of nitrogens with zero attached hydrogens (tertiary/aromatic N) is 4. The average molecular weight is 489 g/mol. The number of aromatic nitrogens is 1. The van der Waals surface area contributed by atoms with Gasteiger partial charge in [-0.1, -0.05) is 12.1 Å². The Kier molecular flexibility index (Phi) is 7.17. The number of hydrogen-bond acceptors (Lipinski definition) is 6. The summed E-state index contributed by atoms with van der Waals surface area (Å²) < 4.78 is 33.7. The van der Waals surface area contributed by atoms with Crippen LogP contribution in [0, 0.1) is 33.6 Å². The summed E-state index contributed by atoms with van der Waals surface area (Å²) in [5, 5.41) is 4.03. The topological polar surface area (TPSA) is 87.0 Å². The van der Waals surface area contributed by atoms with Crippen molar-refractivity contribution < 1.29 is 17.7 Å². The van der Waals surface area contributed by atoms with Crippen LogP contribution in [0.4, 0.5) is 0 Å². The summed E-state index contributed by atoms with van der Waals surface area (Å²) >= 11 is 0. The van der Waals surface area contributed by atoms with Crippen molar-refractivity contribution in [3.63, 3.8) is 0 Å². The average Bonchev–Trinajstić information content (AvgIpc) is 3.13. The largest absolute Gasteiger partial charge is 0.361 e. The molecule has 34 heavy (non-hydrogen) atoms. The number of piperazine rings is 1. The molecular weight excluding hydrogens is 452 g/mol. The maximum absolute atomic E-state index is 13.4. The van der Waals surface area contributed by atoms with Crippen LogP contribution >= 0.6 is 0 Å². The van der Waals surface area contributed by atoms with Gasteiger partial charge in [0.05, 0.1) is 10.6 Å². The SMILES string of the molecule is Cc1cc(C(=O)N2CCN(Cc3c(C)noc3C)CC2)cc(S(=O)(=O)N2CCC(C)CC2)c1C. The van der Waals surface area contributed by atoms with E-state index in [1.165, 1.54) is 0 Å². The van der Waals surface area contributed by atoms with Crippen LogP contribution in [0.5, 0.6) is 0 Å². The molecule has 2 fully saturated rings. The molecule has 8 nitrogen and oxygen atoms in total. The van der Waals surface area contributed by atoms with Crippen molar-refractivity contribution in [2.24, 2.45) is 5.92 Å². The van der Waals surface area contributed by atoms with Gasteiger partial charge in [0.15, 0.2) is 0 Å². The first kappa shape index (κ1) is 24.9. The summed E-state index contributed by atoms with van der Waals surface area (Å²) in [5.74, 6) is 1.27. The highest BCUT2D eigenvalue weighted by atomic mass is 32.2. The molecule has 0 N–H and O–H groups in total. The second-order valence-electron chi connectivity index (χ2n) is 9.87. The van der Waals surface area contributed by atoms with Gasteiger partial charge in [-0.2, -0.15) is 4.31 Å². The van der Waals surface area contributed by atoms with Crippen molar-refractivity contribution in [2.45, 2.75) is 58.9 Å². The predicted octanol–water partition coefficient (Wildman–Crippen LogP) is 3.29. The smallest absolute Gasteiger partial charge is 0.253 e. The van der Waals surface area contributed by atoms with E-state index in [9.17, 15) is 13.2 Å². The Morgan fingerprint density at radius 2 is 1.68 bits per heavy atom. The highest BCUT2D eigenvalue weighted by molar-refractivity contribution is 7.89. The molecule has 4 rings (SSSR count). The number of carbonyl (C=O) groups excluding carboxylic acids is 1. The van der Waals surface area contributed by atoms with E-state index >= 15 is 0 Å². The van der Waals surface area contributed by atoms with Gasteiger partial charge < -0.3 is 9.42 Å². The van der Waals surface area contributed by atoms with Crippen LogP contribution in [0.2, 0.25) is 0 Å². The van der Waals surface area contributed by atoms with E-state index in [0.29, 0.717) is 37.7 Å². The molecule has 0 unspecified atom stereocenters. The van der Waals surface area contributed by atoms with Crippen molar-refractivity contribution in [3.05, 3.63) is 45.8 Å². The van der Waals surface area contributed by atoms with E-state index in [4.69, 9.17) is 4.52 Å². The lowest BCUT2D eigenvalue weighted by atomic mass is 10.0. The van der Waals surface area contributed by atoms with Crippen LogP contribution in [0.1, 0.15) is 58.3 Å². The van der Waals surface area contributed by atoms with E-state index in [2.05, 4.69) is 17.0 Å². The zero-order chi connectivity index (χ0) is 24.6. The van der Waals surface area contributed by atoms with E-state index in [0.717, 1.165) is 60.6 Å². The van der Waals surface area contributed by atoms with Crippen molar-refractivity contribution in [1.82, 2.24) is 19.3 Å². The minimum absolute atomic E-state index is 0.108. The molecule has 1 aromatic carbocycles. The molecule has 2 aliphatic heterocycles. The summed E-state index contributed by atoms with van der Waals surface area (Å²) in [4.78, 5) is 17.8. The quantitative estimate of drug-likeness (QED) is 0.642. The van der Waals surface area contributed by atoms with Gasteiger partial charge in [-0.05, 0) is 69.7 Å². The third-order valence-corrected chi connectivity index (χ3v) is 9.47. The number of sulfonamides is 1. The summed E-state index contributed by atoms with van der Waals surface area (Å²) in [6.45, 7) is 14.3. The predicted molar refractivity (Wildman–Crippen MR) is 130 cm³/mol. The van der Waals surface area contributed by atoms with Crippen LogP contribution in [0.3, 0.4) is 0 Å². The number of amides is 1. The minimum atomic E-state index is -3.63.